The smallest absolute Gasteiger partial charge is 0.0457 e. The van der Waals surface area contributed by atoms with Crippen molar-refractivity contribution in [3.8, 4) is 0 Å². The largest absolute Gasteiger partial charge is 0.382 e. The molecule has 1 heterocycles. The maximum atomic E-state index is 6.22. The summed E-state index contributed by atoms with van der Waals surface area (Å²) < 4.78 is 0. The summed E-state index contributed by atoms with van der Waals surface area (Å²) in [5, 5.41) is 6.09. The van der Waals surface area contributed by atoms with Crippen LogP contribution in [0, 0.1) is 24.2 Å². The number of hydrogen-bond donors (Lipinski definition) is 2. The van der Waals surface area contributed by atoms with Crippen LogP contribution in [-0.4, -0.2) is 11.0 Å². The van der Waals surface area contributed by atoms with Crippen molar-refractivity contribution < 1.29 is 0 Å². The molecule has 3 atom stereocenters. The second-order valence-corrected chi connectivity index (χ2v) is 11.2. The van der Waals surface area contributed by atoms with E-state index in [0.717, 1.165) is 16.9 Å². The zero-order valence-corrected chi connectivity index (χ0v) is 18.7. The minimum absolute atomic E-state index is 0.353. The van der Waals surface area contributed by atoms with Crippen molar-refractivity contribution in [2.45, 2.75) is 63.8 Å². The lowest BCUT2D eigenvalue weighted by Gasteiger charge is -2.64. The fourth-order valence-corrected chi connectivity index (χ4v) is 7.88. The van der Waals surface area contributed by atoms with E-state index >= 15 is 0 Å². The van der Waals surface area contributed by atoms with Crippen LogP contribution in [0.4, 0.5) is 5.69 Å². The van der Waals surface area contributed by atoms with Crippen LogP contribution in [0.1, 0.15) is 56.7 Å². The highest BCUT2D eigenvalue weighted by Gasteiger charge is 2.59. The summed E-state index contributed by atoms with van der Waals surface area (Å²) in [6, 6.07) is 18.3. The van der Waals surface area contributed by atoms with Crippen molar-refractivity contribution in [3.05, 3.63) is 64.8 Å². The Morgan fingerprint density at radius 1 is 1.00 bits per heavy atom. The van der Waals surface area contributed by atoms with Crippen molar-refractivity contribution in [1.29, 1.82) is 0 Å². The highest BCUT2D eigenvalue weighted by molar-refractivity contribution is 6.30. The number of anilines is 1. The lowest BCUT2D eigenvalue weighted by molar-refractivity contribution is -0.0789. The normalized spacial score (nSPS) is 33.2. The SMILES string of the molecule is Cc1cc2cc(NC(C)C34CC5CC(CC(c6ccc(Cl)cc6)(C5)C3)C4)ccc2[nH]1. The Kier molecular flexibility index (Phi) is 4.10. The number of H-pyrrole nitrogens is 1. The average Bonchev–Trinajstić information content (AvgIpc) is 3.06. The molecule has 30 heavy (non-hydrogen) atoms. The Labute approximate surface area is 184 Å². The molecule has 2 nitrogen and oxygen atoms in total. The zero-order chi connectivity index (χ0) is 20.5. The van der Waals surface area contributed by atoms with Crippen LogP contribution in [0.3, 0.4) is 0 Å². The van der Waals surface area contributed by atoms with Gasteiger partial charge in [0.1, 0.15) is 0 Å². The summed E-state index contributed by atoms with van der Waals surface area (Å²) in [6.45, 7) is 4.57. The topological polar surface area (TPSA) is 27.8 Å². The third-order valence-corrected chi connectivity index (χ3v) is 8.87. The Bertz CT molecular complexity index is 1080. The van der Waals surface area contributed by atoms with E-state index in [-0.39, 0.29) is 0 Å². The van der Waals surface area contributed by atoms with Crippen molar-refractivity contribution in [2.24, 2.45) is 17.3 Å². The van der Waals surface area contributed by atoms with E-state index in [0.29, 0.717) is 16.9 Å². The first-order valence-corrected chi connectivity index (χ1v) is 11.9. The fourth-order valence-electron chi connectivity index (χ4n) is 7.75. The number of aromatic amines is 1. The maximum absolute atomic E-state index is 6.22. The number of halogens is 1. The molecule has 0 aliphatic heterocycles. The van der Waals surface area contributed by atoms with Crippen LogP contribution in [-0.2, 0) is 5.41 Å². The van der Waals surface area contributed by atoms with E-state index in [1.165, 1.54) is 66.4 Å². The number of aryl methyl sites for hydroxylation is 1. The minimum Gasteiger partial charge on any atom is -0.382 e. The number of nitrogens with one attached hydrogen (secondary N) is 2. The van der Waals surface area contributed by atoms with Crippen molar-refractivity contribution >= 4 is 28.2 Å². The highest BCUT2D eigenvalue weighted by Crippen LogP contribution is 2.67. The molecule has 4 aliphatic rings. The van der Waals surface area contributed by atoms with Gasteiger partial charge in [0.2, 0.25) is 0 Å². The quantitative estimate of drug-likeness (QED) is 0.451. The summed E-state index contributed by atoms with van der Waals surface area (Å²) >= 11 is 6.22. The van der Waals surface area contributed by atoms with Gasteiger partial charge in [-0.15, -0.1) is 0 Å². The second-order valence-electron chi connectivity index (χ2n) is 10.7. The third kappa shape index (κ3) is 2.91. The van der Waals surface area contributed by atoms with E-state index in [1.807, 2.05) is 0 Å². The second kappa shape index (κ2) is 6.53. The van der Waals surface area contributed by atoms with Crippen molar-refractivity contribution in [2.75, 3.05) is 5.32 Å². The number of rotatable bonds is 4. The zero-order valence-electron chi connectivity index (χ0n) is 18.0. The van der Waals surface area contributed by atoms with Gasteiger partial charge in [-0.2, -0.15) is 0 Å². The number of fused-ring (bicyclic) bond motifs is 1. The number of aromatic nitrogens is 1. The monoisotopic (exact) mass is 418 g/mol. The van der Waals surface area contributed by atoms with Gasteiger partial charge in [0.25, 0.3) is 0 Å². The van der Waals surface area contributed by atoms with Crippen LogP contribution in [0.25, 0.3) is 10.9 Å². The van der Waals surface area contributed by atoms with Gasteiger partial charge in [0, 0.05) is 33.3 Å². The molecular formula is C27H31ClN2. The molecule has 4 bridgehead atoms. The summed E-state index contributed by atoms with van der Waals surface area (Å²) in [4.78, 5) is 3.44. The molecule has 1 aromatic heterocycles. The lowest BCUT2D eigenvalue weighted by Crippen LogP contribution is -2.58. The van der Waals surface area contributed by atoms with Crippen LogP contribution in [0.15, 0.2) is 48.5 Å². The molecule has 4 aliphatic carbocycles. The van der Waals surface area contributed by atoms with E-state index in [2.05, 4.69) is 72.7 Å². The van der Waals surface area contributed by atoms with E-state index in [1.54, 1.807) is 0 Å². The first-order chi connectivity index (χ1) is 14.4. The summed E-state index contributed by atoms with van der Waals surface area (Å²) in [6.07, 6.45) is 8.27. The minimum atomic E-state index is 0.353. The van der Waals surface area contributed by atoms with Crippen LogP contribution in [0.5, 0.6) is 0 Å². The molecule has 2 aromatic carbocycles. The molecule has 4 fully saturated rings. The van der Waals surface area contributed by atoms with Crippen LogP contribution >= 0.6 is 11.6 Å². The predicted molar refractivity (Wildman–Crippen MR) is 126 cm³/mol. The Hall–Kier alpha value is -1.93. The maximum Gasteiger partial charge on any atom is 0.0457 e. The summed E-state index contributed by atoms with van der Waals surface area (Å²) in [5.41, 5.74) is 5.98. The van der Waals surface area contributed by atoms with Gasteiger partial charge in [-0.25, -0.2) is 0 Å². The number of hydrogen-bond acceptors (Lipinski definition) is 1. The van der Waals surface area contributed by atoms with E-state index < -0.39 is 0 Å². The highest BCUT2D eigenvalue weighted by atomic mass is 35.5. The molecule has 0 saturated heterocycles. The van der Waals surface area contributed by atoms with Gasteiger partial charge < -0.3 is 10.3 Å². The van der Waals surface area contributed by atoms with Crippen molar-refractivity contribution in [1.82, 2.24) is 4.98 Å². The first-order valence-electron chi connectivity index (χ1n) is 11.6. The Balaban J connectivity index is 1.31. The molecular weight excluding hydrogens is 388 g/mol. The lowest BCUT2D eigenvalue weighted by atomic mass is 9.41. The van der Waals surface area contributed by atoms with Gasteiger partial charge in [0.15, 0.2) is 0 Å². The van der Waals surface area contributed by atoms with Crippen molar-refractivity contribution in [3.63, 3.8) is 0 Å². The summed E-state index contributed by atoms with van der Waals surface area (Å²) in [7, 11) is 0. The standard InChI is InChI=1S/C27H31ClN2/c1-17-9-21-11-24(7-8-25(21)29-17)30-18(2)26-12-19-10-20(13-26)15-27(14-19,16-26)22-3-5-23(28)6-4-22/h3-9,11,18-20,29-30H,10,12-16H2,1-2H3. The molecule has 2 N–H and O–H groups in total. The molecule has 3 unspecified atom stereocenters. The molecule has 156 valence electrons. The van der Waals surface area contributed by atoms with Gasteiger partial charge >= 0.3 is 0 Å². The molecule has 7 rings (SSSR count). The molecule has 3 aromatic rings. The summed E-state index contributed by atoms with van der Waals surface area (Å²) in [5.74, 6) is 1.75. The van der Waals surface area contributed by atoms with E-state index in [9.17, 15) is 0 Å². The molecule has 0 radical (unpaired) electrons. The molecule has 0 spiro atoms. The molecule has 0 amide bonds. The van der Waals surface area contributed by atoms with Gasteiger partial charge in [-0.05, 0) is 117 Å². The first kappa shape index (κ1) is 18.8. The predicted octanol–water partition coefficient (Wildman–Crippen LogP) is 7.47. The Morgan fingerprint density at radius 2 is 1.73 bits per heavy atom. The average molecular weight is 419 g/mol. The Morgan fingerprint density at radius 3 is 2.47 bits per heavy atom. The van der Waals surface area contributed by atoms with Gasteiger partial charge in [-0.3, -0.25) is 0 Å². The van der Waals surface area contributed by atoms with Crippen LogP contribution < -0.4 is 5.32 Å². The number of benzene rings is 2. The molecule has 4 saturated carbocycles. The van der Waals surface area contributed by atoms with Crippen LogP contribution in [0.2, 0.25) is 5.02 Å². The third-order valence-electron chi connectivity index (χ3n) is 8.62. The van der Waals surface area contributed by atoms with Gasteiger partial charge in [-0.1, -0.05) is 23.7 Å². The molecule has 3 heteroatoms. The van der Waals surface area contributed by atoms with Gasteiger partial charge in [0.05, 0.1) is 0 Å². The fraction of sp³-hybridized carbons (Fsp3) is 0.481. The van der Waals surface area contributed by atoms with E-state index in [4.69, 9.17) is 11.6 Å².